The second-order valence-electron chi connectivity index (χ2n) is 8.06. The van der Waals surface area contributed by atoms with Gasteiger partial charge in [0.1, 0.15) is 0 Å². The third kappa shape index (κ3) is 3.64. The minimum Gasteiger partial charge on any atom is -0.388 e. The number of hydrogen-bond donors (Lipinski definition) is 2. The van der Waals surface area contributed by atoms with Gasteiger partial charge in [0.25, 0.3) is 0 Å². The Labute approximate surface area is 145 Å². The SMILES string of the molecule is CC1=C2[C@@H](O)[C@H]([C@H](C)C(=O)NCCC(C)C)CC[C@@]2(C)C=CC1=O. The number of carbonyl (C=O) groups excluding carboxylic acids is 2. The molecule has 0 bridgehead atoms. The first-order valence-corrected chi connectivity index (χ1v) is 9.08. The Bertz CT molecular complexity index is 575. The number of aliphatic hydroxyl groups is 1. The van der Waals surface area contributed by atoms with Crippen molar-refractivity contribution in [1.29, 1.82) is 0 Å². The molecule has 24 heavy (non-hydrogen) atoms. The number of allylic oxidation sites excluding steroid dienone is 3. The number of rotatable bonds is 5. The molecule has 0 radical (unpaired) electrons. The summed E-state index contributed by atoms with van der Waals surface area (Å²) in [5.41, 5.74) is 1.19. The first-order chi connectivity index (χ1) is 11.2. The molecule has 4 atom stereocenters. The molecule has 1 fully saturated rings. The fraction of sp³-hybridized carbons (Fsp3) is 0.700. The topological polar surface area (TPSA) is 66.4 Å². The lowest BCUT2D eigenvalue weighted by atomic mass is 9.61. The summed E-state index contributed by atoms with van der Waals surface area (Å²) < 4.78 is 0. The molecule has 0 aliphatic heterocycles. The zero-order valence-electron chi connectivity index (χ0n) is 15.6. The van der Waals surface area contributed by atoms with Gasteiger partial charge in [-0.3, -0.25) is 9.59 Å². The number of ketones is 1. The van der Waals surface area contributed by atoms with Crippen LogP contribution in [-0.2, 0) is 9.59 Å². The van der Waals surface area contributed by atoms with Gasteiger partial charge in [-0.15, -0.1) is 0 Å². The van der Waals surface area contributed by atoms with Crippen LogP contribution in [0.2, 0.25) is 0 Å². The average molecular weight is 333 g/mol. The largest absolute Gasteiger partial charge is 0.388 e. The quantitative estimate of drug-likeness (QED) is 0.813. The smallest absolute Gasteiger partial charge is 0.223 e. The molecule has 2 N–H and O–H groups in total. The van der Waals surface area contributed by atoms with Crippen LogP contribution < -0.4 is 5.32 Å². The lowest BCUT2D eigenvalue weighted by molar-refractivity contribution is -0.128. The average Bonchev–Trinajstić information content (AvgIpc) is 2.50. The van der Waals surface area contributed by atoms with E-state index in [-0.39, 0.29) is 28.9 Å². The van der Waals surface area contributed by atoms with Gasteiger partial charge in [0.2, 0.25) is 5.91 Å². The van der Waals surface area contributed by atoms with Crippen LogP contribution in [0.4, 0.5) is 0 Å². The van der Waals surface area contributed by atoms with Crippen LogP contribution in [0.25, 0.3) is 0 Å². The summed E-state index contributed by atoms with van der Waals surface area (Å²) in [7, 11) is 0. The summed E-state index contributed by atoms with van der Waals surface area (Å²) in [5.74, 6) is 0.115. The highest BCUT2D eigenvalue weighted by Gasteiger charge is 2.46. The molecule has 0 unspecified atom stereocenters. The zero-order chi connectivity index (χ0) is 18.1. The van der Waals surface area contributed by atoms with Crippen molar-refractivity contribution in [2.75, 3.05) is 6.54 Å². The van der Waals surface area contributed by atoms with E-state index in [1.807, 2.05) is 13.0 Å². The maximum absolute atomic E-state index is 12.4. The third-order valence-corrected chi connectivity index (χ3v) is 5.77. The molecule has 0 aromatic rings. The molecular weight excluding hydrogens is 302 g/mol. The van der Waals surface area contributed by atoms with Gasteiger partial charge in [-0.05, 0) is 49.3 Å². The summed E-state index contributed by atoms with van der Waals surface area (Å²) in [6, 6.07) is 0. The Morgan fingerprint density at radius 2 is 2.08 bits per heavy atom. The summed E-state index contributed by atoms with van der Waals surface area (Å²) in [6.45, 7) is 10.7. The van der Waals surface area contributed by atoms with E-state index in [1.165, 1.54) is 0 Å². The lowest BCUT2D eigenvalue weighted by Crippen LogP contribution is -2.46. The van der Waals surface area contributed by atoms with Gasteiger partial charge in [0, 0.05) is 23.8 Å². The Morgan fingerprint density at radius 1 is 1.42 bits per heavy atom. The standard InChI is InChI=1S/C20H31NO3/c1-12(2)8-11-21-19(24)13(3)15-6-9-20(5)10-7-16(22)14(4)17(20)18(15)23/h7,10,12-13,15,18,23H,6,8-9,11H2,1-5H3,(H,21,24)/t13-,15-,18-,20-/m0/s1. The van der Waals surface area contributed by atoms with Crippen LogP contribution in [-0.4, -0.2) is 29.4 Å². The molecule has 1 saturated carbocycles. The van der Waals surface area contributed by atoms with Gasteiger partial charge >= 0.3 is 0 Å². The molecular formula is C20H31NO3. The van der Waals surface area contributed by atoms with E-state index in [9.17, 15) is 14.7 Å². The minimum absolute atomic E-state index is 0.000709. The number of fused-ring (bicyclic) bond motifs is 1. The van der Waals surface area contributed by atoms with E-state index in [4.69, 9.17) is 0 Å². The van der Waals surface area contributed by atoms with Crippen molar-refractivity contribution in [2.24, 2.45) is 23.2 Å². The summed E-state index contributed by atoms with van der Waals surface area (Å²) in [4.78, 5) is 24.5. The molecule has 2 aliphatic rings. The van der Waals surface area contributed by atoms with E-state index in [0.717, 1.165) is 24.8 Å². The van der Waals surface area contributed by atoms with Crippen molar-refractivity contribution >= 4 is 11.7 Å². The van der Waals surface area contributed by atoms with Crippen molar-refractivity contribution < 1.29 is 14.7 Å². The third-order valence-electron chi connectivity index (χ3n) is 5.77. The Balaban J connectivity index is 2.12. The number of amides is 1. The van der Waals surface area contributed by atoms with Gasteiger partial charge in [-0.25, -0.2) is 0 Å². The number of carbonyl (C=O) groups is 2. The van der Waals surface area contributed by atoms with Crippen LogP contribution in [0.1, 0.15) is 53.9 Å². The highest BCUT2D eigenvalue weighted by atomic mass is 16.3. The first-order valence-electron chi connectivity index (χ1n) is 9.08. The zero-order valence-corrected chi connectivity index (χ0v) is 15.6. The second-order valence-corrected chi connectivity index (χ2v) is 8.06. The van der Waals surface area contributed by atoms with E-state index in [0.29, 0.717) is 18.0 Å². The number of aliphatic hydroxyl groups excluding tert-OH is 1. The molecule has 2 aliphatic carbocycles. The Hall–Kier alpha value is -1.42. The van der Waals surface area contributed by atoms with Crippen LogP contribution in [0.3, 0.4) is 0 Å². The van der Waals surface area contributed by atoms with E-state index < -0.39 is 6.10 Å². The molecule has 2 rings (SSSR count). The van der Waals surface area contributed by atoms with Crippen LogP contribution in [0.5, 0.6) is 0 Å². The molecule has 4 nitrogen and oxygen atoms in total. The monoisotopic (exact) mass is 333 g/mol. The van der Waals surface area contributed by atoms with Crippen LogP contribution >= 0.6 is 0 Å². The van der Waals surface area contributed by atoms with Gasteiger partial charge in [0.15, 0.2) is 5.78 Å². The summed E-state index contributed by atoms with van der Waals surface area (Å²) >= 11 is 0. The first kappa shape index (κ1) is 18.9. The molecule has 0 spiro atoms. The minimum atomic E-state index is -0.733. The predicted octanol–water partition coefficient (Wildman–Crippen LogP) is 3.02. The van der Waals surface area contributed by atoms with Crippen molar-refractivity contribution in [3.8, 4) is 0 Å². The summed E-state index contributed by atoms with van der Waals surface area (Å²) in [5, 5.41) is 13.9. The Morgan fingerprint density at radius 3 is 2.71 bits per heavy atom. The fourth-order valence-corrected chi connectivity index (χ4v) is 4.01. The van der Waals surface area contributed by atoms with E-state index in [1.54, 1.807) is 13.0 Å². The molecule has 0 aromatic carbocycles. The molecule has 134 valence electrons. The van der Waals surface area contributed by atoms with Crippen molar-refractivity contribution in [1.82, 2.24) is 5.32 Å². The lowest BCUT2D eigenvalue weighted by Gasteiger charge is -2.45. The van der Waals surface area contributed by atoms with Gasteiger partial charge < -0.3 is 10.4 Å². The molecule has 0 saturated heterocycles. The maximum atomic E-state index is 12.4. The molecule has 1 amide bonds. The fourth-order valence-electron chi connectivity index (χ4n) is 4.01. The molecule has 0 aromatic heterocycles. The van der Waals surface area contributed by atoms with Crippen LogP contribution in [0.15, 0.2) is 23.3 Å². The summed E-state index contributed by atoms with van der Waals surface area (Å²) in [6.07, 6.45) is 5.40. The van der Waals surface area contributed by atoms with Crippen molar-refractivity contribution in [3.05, 3.63) is 23.3 Å². The maximum Gasteiger partial charge on any atom is 0.223 e. The van der Waals surface area contributed by atoms with Crippen molar-refractivity contribution in [3.63, 3.8) is 0 Å². The van der Waals surface area contributed by atoms with E-state index in [2.05, 4.69) is 26.1 Å². The van der Waals surface area contributed by atoms with Crippen LogP contribution in [0, 0.1) is 23.2 Å². The van der Waals surface area contributed by atoms with Gasteiger partial charge in [0.05, 0.1) is 6.10 Å². The second kappa shape index (κ2) is 7.22. The van der Waals surface area contributed by atoms with Gasteiger partial charge in [-0.2, -0.15) is 0 Å². The molecule has 4 heteroatoms. The number of nitrogens with one attached hydrogen (secondary N) is 1. The van der Waals surface area contributed by atoms with Crippen molar-refractivity contribution in [2.45, 2.75) is 60.0 Å². The normalized spacial score (nSPS) is 31.2. The highest BCUT2D eigenvalue weighted by molar-refractivity contribution is 6.05. The molecule has 0 heterocycles. The predicted molar refractivity (Wildman–Crippen MR) is 95.3 cm³/mol. The number of hydrogen-bond acceptors (Lipinski definition) is 3. The highest BCUT2D eigenvalue weighted by Crippen LogP contribution is 2.49. The van der Waals surface area contributed by atoms with Gasteiger partial charge in [-0.1, -0.05) is 33.8 Å². The Kier molecular flexibility index (Phi) is 5.69. The van der Waals surface area contributed by atoms with E-state index >= 15 is 0 Å².